The number of ether oxygens (including phenoxy) is 1. The molecule has 1 aromatic carbocycles. The molecule has 0 spiro atoms. The number of nitrogens with zero attached hydrogens (tertiary/aromatic N) is 1. The number of hydrogen-bond donors (Lipinski definition) is 1. The van der Waals surface area contributed by atoms with Crippen LogP contribution in [0.4, 0.5) is 0 Å². The van der Waals surface area contributed by atoms with Crippen molar-refractivity contribution in [3.8, 4) is 11.3 Å². The van der Waals surface area contributed by atoms with Crippen molar-refractivity contribution in [2.24, 2.45) is 0 Å². The molecule has 0 amide bonds. The van der Waals surface area contributed by atoms with Crippen molar-refractivity contribution >= 4 is 29.2 Å². The van der Waals surface area contributed by atoms with E-state index in [1.165, 1.54) is 13.8 Å². The summed E-state index contributed by atoms with van der Waals surface area (Å²) in [5.74, 6) is -0.663. The van der Waals surface area contributed by atoms with Crippen LogP contribution in [0, 0.1) is 0 Å². The van der Waals surface area contributed by atoms with Crippen LogP contribution in [0.2, 0.25) is 10.0 Å². The molecule has 0 aliphatic heterocycles. The predicted octanol–water partition coefficient (Wildman–Crippen LogP) is 4.05. The summed E-state index contributed by atoms with van der Waals surface area (Å²) in [6, 6.07) is 4.92. The minimum atomic E-state index is -1.42. The monoisotopic (exact) mass is 343 g/mol. The molecule has 1 aromatic heterocycles. The van der Waals surface area contributed by atoms with Crippen LogP contribution < -0.4 is 0 Å². The van der Waals surface area contributed by atoms with Crippen LogP contribution in [0.25, 0.3) is 11.3 Å². The van der Waals surface area contributed by atoms with Gasteiger partial charge in [0.05, 0.1) is 16.7 Å². The minimum absolute atomic E-state index is 0.00284. The van der Waals surface area contributed by atoms with Gasteiger partial charge < -0.3 is 14.4 Å². The van der Waals surface area contributed by atoms with Gasteiger partial charge in [-0.3, -0.25) is 0 Å². The van der Waals surface area contributed by atoms with E-state index in [9.17, 15) is 9.90 Å². The second kappa shape index (κ2) is 6.28. The van der Waals surface area contributed by atoms with Crippen LogP contribution in [0.1, 0.15) is 36.9 Å². The molecule has 0 aliphatic carbocycles. The number of carbonyl (C=O) groups excluding carboxylic acids is 1. The predicted molar refractivity (Wildman–Crippen MR) is 83.2 cm³/mol. The van der Waals surface area contributed by atoms with E-state index in [0.29, 0.717) is 15.6 Å². The molecule has 2 rings (SSSR count). The lowest BCUT2D eigenvalue weighted by molar-refractivity contribution is 0.0383. The van der Waals surface area contributed by atoms with Gasteiger partial charge in [-0.25, -0.2) is 4.79 Å². The molecule has 0 unspecified atom stereocenters. The third kappa shape index (κ3) is 3.11. The van der Waals surface area contributed by atoms with Gasteiger partial charge in [0.15, 0.2) is 5.76 Å². The van der Waals surface area contributed by atoms with Crippen LogP contribution in [-0.4, -0.2) is 22.8 Å². The molecule has 0 aliphatic rings. The van der Waals surface area contributed by atoms with E-state index in [1.807, 2.05) is 0 Å². The summed E-state index contributed by atoms with van der Waals surface area (Å²) in [7, 11) is 0. The fourth-order valence-corrected chi connectivity index (χ4v) is 2.57. The summed E-state index contributed by atoms with van der Waals surface area (Å²) in [4.78, 5) is 12.3. The molecular weight excluding hydrogens is 329 g/mol. The number of hydrogen-bond acceptors (Lipinski definition) is 5. The number of carbonyl (C=O) groups is 1. The Hall–Kier alpha value is -1.56. The van der Waals surface area contributed by atoms with Gasteiger partial charge in [-0.2, -0.15) is 0 Å². The summed E-state index contributed by atoms with van der Waals surface area (Å²) in [5, 5.41) is 14.7. The lowest BCUT2D eigenvalue weighted by atomic mass is 9.98. The maximum Gasteiger partial charge on any atom is 0.344 e. The molecule has 2 aromatic rings. The van der Waals surface area contributed by atoms with Crippen molar-refractivity contribution in [3.05, 3.63) is 39.6 Å². The van der Waals surface area contributed by atoms with E-state index in [2.05, 4.69) is 5.16 Å². The Balaban J connectivity index is 2.72. The van der Waals surface area contributed by atoms with Crippen molar-refractivity contribution < 1.29 is 19.2 Å². The van der Waals surface area contributed by atoms with Crippen molar-refractivity contribution in [3.63, 3.8) is 0 Å². The molecule has 1 heterocycles. The quantitative estimate of drug-likeness (QED) is 0.847. The topological polar surface area (TPSA) is 72.6 Å². The first-order valence-electron chi connectivity index (χ1n) is 6.61. The Morgan fingerprint density at radius 2 is 1.95 bits per heavy atom. The molecule has 1 N–H and O–H groups in total. The van der Waals surface area contributed by atoms with E-state index in [-0.39, 0.29) is 23.6 Å². The first kappa shape index (κ1) is 16.8. The van der Waals surface area contributed by atoms with E-state index < -0.39 is 11.6 Å². The van der Waals surface area contributed by atoms with Crippen LogP contribution in [0.5, 0.6) is 0 Å². The number of benzene rings is 1. The first-order chi connectivity index (χ1) is 10.3. The molecule has 7 heteroatoms. The highest BCUT2D eigenvalue weighted by Crippen LogP contribution is 2.39. The van der Waals surface area contributed by atoms with Crippen molar-refractivity contribution in [2.45, 2.75) is 26.4 Å². The molecule has 0 saturated heterocycles. The first-order valence-corrected chi connectivity index (χ1v) is 7.37. The average molecular weight is 344 g/mol. The van der Waals surface area contributed by atoms with Crippen LogP contribution in [0.15, 0.2) is 22.7 Å². The van der Waals surface area contributed by atoms with Gasteiger partial charge in [-0.05, 0) is 32.9 Å². The standard InChI is InChI=1S/C15H15Cl2NO4/c1-4-21-14(19)11-12(18-22-13(11)15(2,3)20)10-8(16)6-5-7-9(10)17/h5-7,20H,4H2,1-3H3. The molecular formula is C15H15Cl2NO4. The summed E-state index contributed by atoms with van der Waals surface area (Å²) in [5.41, 5.74) is -0.898. The lowest BCUT2D eigenvalue weighted by Gasteiger charge is -2.15. The van der Waals surface area contributed by atoms with Crippen molar-refractivity contribution in [1.82, 2.24) is 5.16 Å². The van der Waals surface area contributed by atoms with E-state index in [1.54, 1.807) is 25.1 Å². The highest BCUT2D eigenvalue weighted by atomic mass is 35.5. The van der Waals surface area contributed by atoms with Gasteiger partial charge in [0, 0.05) is 5.56 Å². The maximum absolute atomic E-state index is 12.3. The molecule has 0 radical (unpaired) electrons. The second-order valence-corrected chi connectivity index (χ2v) is 5.93. The summed E-state index contributed by atoms with van der Waals surface area (Å²) in [6.07, 6.45) is 0. The molecule has 0 saturated carbocycles. The summed E-state index contributed by atoms with van der Waals surface area (Å²) in [6.45, 7) is 4.81. The minimum Gasteiger partial charge on any atom is -0.462 e. The highest BCUT2D eigenvalue weighted by Gasteiger charge is 2.34. The molecule has 0 atom stereocenters. The number of aliphatic hydroxyl groups is 1. The summed E-state index contributed by atoms with van der Waals surface area (Å²) >= 11 is 12.3. The molecule has 0 fully saturated rings. The Bertz CT molecular complexity index is 684. The van der Waals surface area contributed by atoms with E-state index in [4.69, 9.17) is 32.5 Å². The lowest BCUT2D eigenvalue weighted by Crippen LogP contribution is -2.20. The van der Waals surface area contributed by atoms with E-state index in [0.717, 1.165) is 0 Å². The van der Waals surface area contributed by atoms with Gasteiger partial charge in [0.25, 0.3) is 0 Å². The smallest absolute Gasteiger partial charge is 0.344 e. The SMILES string of the molecule is CCOC(=O)c1c(-c2c(Cl)cccc2Cl)noc1C(C)(C)O. The van der Waals surface area contributed by atoms with Gasteiger partial charge in [-0.1, -0.05) is 34.4 Å². The molecule has 0 bridgehead atoms. The maximum atomic E-state index is 12.3. The zero-order valence-corrected chi connectivity index (χ0v) is 13.8. The fourth-order valence-electron chi connectivity index (χ4n) is 2.00. The highest BCUT2D eigenvalue weighted by molar-refractivity contribution is 6.39. The third-order valence-electron chi connectivity index (χ3n) is 2.93. The number of rotatable bonds is 4. The van der Waals surface area contributed by atoms with Gasteiger partial charge in [0.2, 0.25) is 0 Å². The van der Waals surface area contributed by atoms with Crippen molar-refractivity contribution in [1.29, 1.82) is 0 Å². The molecule has 118 valence electrons. The van der Waals surface area contributed by atoms with E-state index >= 15 is 0 Å². The van der Waals surface area contributed by atoms with Crippen LogP contribution in [0.3, 0.4) is 0 Å². The number of esters is 1. The zero-order valence-electron chi connectivity index (χ0n) is 12.3. The Morgan fingerprint density at radius 3 is 2.45 bits per heavy atom. The third-order valence-corrected chi connectivity index (χ3v) is 3.56. The van der Waals surface area contributed by atoms with Crippen LogP contribution >= 0.6 is 23.2 Å². The Morgan fingerprint density at radius 1 is 1.36 bits per heavy atom. The fraction of sp³-hybridized carbons (Fsp3) is 0.333. The Kier molecular flexibility index (Phi) is 4.80. The van der Waals surface area contributed by atoms with Crippen molar-refractivity contribution in [2.75, 3.05) is 6.61 Å². The molecule has 5 nitrogen and oxygen atoms in total. The normalized spacial score (nSPS) is 11.5. The second-order valence-electron chi connectivity index (χ2n) is 5.11. The molecule has 22 heavy (non-hydrogen) atoms. The zero-order chi connectivity index (χ0) is 16.5. The Labute approximate surface area is 137 Å². The summed E-state index contributed by atoms with van der Waals surface area (Å²) < 4.78 is 10.2. The number of halogens is 2. The van der Waals surface area contributed by atoms with Gasteiger partial charge in [-0.15, -0.1) is 0 Å². The largest absolute Gasteiger partial charge is 0.462 e. The number of aromatic nitrogens is 1. The van der Waals surface area contributed by atoms with Gasteiger partial charge >= 0.3 is 5.97 Å². The van der Waals surface area contributed by atoms with Gasteiger partial charge in [0.1, 0.15) is 16.9 Å². The average Bonchev–Trinajstić information content (AvgIpc) is 2.83. The van der Waals surface area contributed by atoms with Crippen LogP contribution in [-0.2, 0) is 10.3 Å².